The molecular weight excluding hydrogens is 173 g/mol. The zero-order chi connectivity index (χ0) is 7.49. The summed E-state index contributed by atoms with van der Waals surface area (Å²) in [6.07, 6.45) is 0.731. The number of allylic oxidation sites excluding steroid dienone is 1. The molecule has 0 aliphatic carbocycles. The van der Waals surface area contributed by atoms with Crippen molar-refractivity contribution < 1.29 is 13.9 Å². The minimum Gasteiger partial charge on any atom is -0.392 e. The van der Waals surface area contributed by atoms with Gasteiger partial charge in [0.05, 0.1) is 6.61 Å². The summed E-state index contributed by atoms with van der Waals surface area (Å²) in [6.45, 7) is -0.541. The number of halogens is 4. The van der Waals surface area contributed by atoms with E-state index in [9.17, 15) is 8.78 Å². The Balaban J connectivity index is 4.03. The van der Waals surface area contributed by atoms with Crippen molar-refractivity contribution in [1.29, 1.82) is 0 Å². The molecule has 5 heteroatoms. The van der Waals surface area contributed by atoms with Gasteiger partial charge < -0.3 is 5.11 Å². The molecule has 9 heavy (non-hydrogen) atoms. The van der Waals surface area contributed by atoms with Gasteiger partial charge in [-0.2, -0.15) is 8.78 Å². The Hall–Kier alpha value is 0.140. The van der Waals surface area contributed by atoms with E-state index in [1.54, 1.807) is 0 Å². The third kappa shape index (κ3) is 3.67. The Kier molecular flexibility index (Phi) is 3.40. The Morgan fingerprint density at radius 2 is 2.11 bits per heavy atom. The maximum atomic E-state index is 11.8. The van der Waals surface area contributed by atoms with Crippen LogP contribution in [-0.2, 0) is 0 Å². The summed E-state index contributed by atoms with van der Waals surface area (Å²) < 4.78 is 23.5. The van der Waals surface area contributed by atoms with Crippen LogP contribution in [0, 0.1) is 0 Å². The van der Waals surface area contributed by atoms with Crippen LogP contribution >= 0.6 is 23.2 Å². The van der Waals surface area contributed by atoms with Crippen LogP contribution < -0.4 is 0 Å². The summed E-state index contributed by atoms with van der Waals surface area (Å²) in [5, 5.41) is 3.64. The predicted octanol–water partition coefficient (Wildman–Crippen LogP) is 1.93. The van der Waals surface area contributed by atoms with Gasteiger partial charge in [0, 0.05) is 0 Å². The van der Waals surface area contributed by atoms with E-state index in [0.29, 0.717) is 0 Å². The molecule has 1 nitrogen and oxygen atoms in total. The summed E-state index contributed by atoms with van der Waals surface area (Å²) in [7, 11) is 0. The van der Waals surface area contributed by atoms with Crippen molar-refractivity contribution in [3.05, 3.63) is 11.1 Å². The maximum Gasteiger partial charge on any atom is 0.358 e. The fraction of sp³-hybridized carbons (Fsp3) is 0.500. The summed E-state index contributed by atoms with van der Waals surface area (Å²) in [4.78, 5) is 0. The van der Waals surface area contributed by atoms with Crippen LogP contribution in [0.1, 0.15) is 0 Å². The van der Waals surface area contributed by atoms with Crippen LogP contribution in [0.25, 0.3) is 0 Å². The molecule has 0 amide bonds. The molecular formula is C4H4Cl2F2O. The highest BCUT2D eigenvalue weighted by atomic mass is 35.5. The molecule has 0 aromatic heterocycles. The third-order valence-electron chi connectivity index (χ3n) is 0.541. The van der Waals surface area contributed by atoms with Gasteiger partial charge in [-0.05, 0) is 17.7 Å². The minimum atomic E-state index is -3.55. The quantitative estimate of drug-likeness (QED) is 0.639. The summed E-state index contributed by atoms with van der Waals surface area (Å²) in [5.74, 6) is 0. The van der Waals surface area contributed by atoms with Gasteiger partial charge in [-0.1, -0.05) is 11.6 Å². The van der Waals surface area contributed by atoms with Gasteiger partial charge >= 0.3 is 5.38 Å². The van der Waals surface area contributed by atoms with Crippen molar-refractivity contribution >= 4 is 23.2 Å². The molecule has 54 valence electrons. The van der Waals surface area contributed by atoms with Crippen molar-refractivity contribution in [2.45, 2.75) is 5.38 Å². The van der Waals surface area contributed by atoms with Crippen molar-refractivity contribution in [2.75, 3.05) is 6.61 Å². The molecule has 0 saturated heterocycles. The standard InChI is InChI=1S/C4H4Cl2F2O/c5-3(1-2-9)4(6,7)8/h1,9H,2H2/b3-1-. The molecule has 1 N–H and O–H groups in total. The zero-order valence-electron chi connectivity index (χ0n) is 4.24. The number of hydrogen-bond acceptors (Lipinski definition) is 1. The summed E-state index contributed by atoms with van der Waals surface area (Å²) in [6, 6.07) is 0. The molecule has 0 unspecified atom stereocenters. The van der Waals surface area contributed by atoms with Gasteiger partial charge in [-0.25, -0.2) is 0 Å². The molecule has 0 spiro atoms. The molecule has 0 atom stereocenters. The highest BCUT2D eigenvalue weighted by molar-refractivity contribution is 6.38. The lowest BCUT2D eigenvalue weighted by Crippen LogP contribution is -2.05. The van der Waals surface area contributed by atoms with Gasteiger partial charge in [-0.15, -0.1) is 0 Å². The van der Waals surface area contributed by atoms with E-state index >= 15 is 0 Å². The highest BCUT2D eigenvalue weighted by Gasteiger charge is 2.28. The van der Waals surface area contributed by atoms with E-state index in [4.69, 9.17) is 16.7 Å². The Morgan fingerprint density at radius 3 is 2.22 bits per heavy atom. The Bertz CT molecular complexity index is 118. The van der Waals surface area contributed by atoms with Gasteiger partial charge in [0.1, 0.15) is 5.03 Å². The second kappa shape index (κ2) is 3.34. The Morgan fingerprint density at radius 1 is 1.67 bits per heavy atom. The first-order valence-corrected chi connectivity index (χ1v) is 2.78. The lowest BCUT2D eigenvalue weighted by Gasteiger charge is -2.03. The molecule has 0 radical (unpaired) electrons. The average molecular weight is 177 g/mol. The predicted molar refractivity (Wildman–Crippen MR) is 31.8 cm³/mol. The topological polar surface area (TPSA) is 20.2 Å². The molecule has 0 rings (SSSR count). The van der Waals surface area contributed by atoms with Crippen molar-refractivity contribution in [3.8, 4) is 0 Å². The molecule has 0 bridgehead atoms. The number of hydrogen-bond donors (Lipinski definition) is 1. The second-order valence-corrected chi connectivity index (χ2v) is 2.11. The summed E-state index contributed by atoms with van der Waals surface area (Å²) in [5.41, 5.74) is 0. The average Bonchev–Trinajstić information content (AvgIpc) is 1.64. The smallest absolute Gasteiger partial charge is 0.358 e. The lowest BCUT2D eigenvalue weighted by molar-refractivity contribution is 0.146. The fourth-order valence-electron chi connectivity index (χ4n) is 0.196. The van der Waals surface area contributed by atoms with E-state index in [-0.39, 0.29) is 0 Å². The first-order chi connectivity index (χ1) is 3.98. The van der Waals surface area contributed by atoms with E-state index in [2.05, 4.69) is 11.6 Å². The molecule has 0 saturated carbocycles. The van der Waals surface area contributed by atoms with Crippen LogP contribution in [0.15, 0.2) is 11.1 Å². The van der Waals surface area contributed by atoms with Crippen LogP contribution in [0.4, 0.5) is 8.78 Å². The Labute approximate surface area is 60.9 Å². The number of aliphatic hydroxyl groups is 1. The van der Waals surface area contributed by atoms with Crippen molar-refractivity contribution in [3.63, 3.8) is 0 Å². The molecule has 0 aliphatic heterocycles. The van der Waals surface area contributed by atoms with E-state index < -0.39 is 17.0 Å². The minimum absolute atomic E-state index is 0.541. The van der Waals surface area contributed by atoms with Gasteiger partial charge in [-0.3, -0.25) is 0 Å². The van der Waals surface area contributed by atoms with Gasteiger partial charge in [0.25, 0.3) is 0 Å². The van der Waals surface area contributed by atoms with Crippen molar-refractivity contribution in [2.24, 2.45) is 0 Å². The maximum absolute atomic E-state index is 11.8. The highest BCUT2D eigenvalue weighted by Crippen LogP contribution is 2.30. The first kappa shape index (κ1) is 9.14. The summed E-state index contributed by atoms with van der Waals surface area (Å²) >= 11 is 9.29. The number of rotatable bonds is 2. The van der Waals surface area contributed by atoms with Gasteiger partial charge in [0.2, 0.25) is 0 Å². The molecule has 0 aromatic carbocycles. The molecule has 0 aromatic rings. The third-order valence-corrected chi connectivity index (χ3v) is 1.23. The van der Waals surface area contributed by atoms with Gasteiger partial charge in [0.15, 0.2) is 0 Å². The van der Waals surface area contributed by atoms with E-state index in [1.807, 2.05) is 0 Å². The molecule has 0 fully saturated rings. The number of aliphatic hydroxyl groups excluding tert-OH is 1. The van der Waals surface area contributed by atoms with Crippen LogP contribution in [-0.4, -0.2) is 17.1 Å². The zero-order valence-corrected chi connectivity index (χ0v) is 5.76. The fourth-order valence-corrected chi connectivity index (χ4v) is 0.342. The SMILES string of the molecule is OC/C=C(\Cl)C(F)(F)Cl. The number of alkyl halides is 3. The lowest BCUT2D eigenvalue weighted by atomic mass is 10.5. The van der Waals surface area contributed by atoms with Crippen LogP contribution in [0.5, 0.6) is 0 Å². The second-order valence-electron chi connectivity index (χ2n) is 1.23. The molecule has 0 heterocycles. The largest absolute Gasteiger partial charge is 0.392 e. The molecule has 0 aliphatic rings. The normalized spacial score (nSPS) is 14.1. The van der Waals surface area contributed by atoms with Crippen LogP contribution in [0.3, 0.4) is 0 Å². The first-order valence-electron chi connectivity index (χ1n) is 2.02. The van der Waals surface area contributed by atoms with Crippen LogP contribution in [0.2, 0.25) is 0 Å². The van der Waals surface area contributed by atoms with E-state index in [0.717, 1.165) is 6.08 Å². The van der Waals surface area contributed by atoms with E-state index in [1.165, 1.54) is 0 Å². The van der Waals surface area contributed by atoms with Crippen molar-refractivity contribution in [1.82, 2.24) is 0 Å². The monoisotopic (exact) mass is 176 g/mol.